The van der Waals surface area contributed by atoms with E-state index in [0.29, 0.717) is 16.4 Å². The summed E-state index contributed by atoms with van der Waals surface area (Å²) in [4.78, 5) is 4.73. The molecule has 0 saturated heterocycles. The molecule has 0 aliphatic rings. The molecule has 170 valence electrons. The number of benzene rings is 2. The van der Waals surface area contributed by atoms with Gasteiger partial charge in [0.2, 0.25) is 5.82 Å². The number of nitrogens with zero attached hydrogens (tertiary/aromatic N) is 2. The molecule has 1 heterocycles. The molecule has 0 N–H and O–H groups in total. The van der Waals surface area contributed by atoms with Crippen LogP contribution in [0.15, 0.2) is 85.1 Å². The Hall–Kier alpha value is -2.45. The van der Waals surface area contributed by atoms with Gasteiger partial charge in [-0.2, -0.15) is 0 Å². The third-order valence-corrected chi connectivity index (χ3v) is 5.48. The van der Waals surface area contributed by atoms with Crippen molar-refractivity contribution < 1.29 is 0 Å². The van der Waals surface area contributed by atoms with E-state index in [0.717, 1.165) is 12.2 Å². The summed E-state index contributed by atoms with van der Waals surface area (Å²) in [5.41, 5.74) is 2.66. The van der Waals surface area contributed by atoms with Crippen LogP contribution in [0, 0.1) is 0 Å². The molecule has 0 aliphatic heterocycles. The Morgan fingerprint density at radius 2 is 1.19 bits per heavy atom. The van der Waals surface area contributed by atoms with Crippen LogP contribution in [-0.4, -0.2) is 18.1 Å². The van der Waals surface area contributed by atoms with E-state index < -0.39 is 0 Å². The average molecular weight is 422 g/mol. The monoisotopic (exact) mass is 421 g/mol. The molecule has 0 radical (unpaired) electrons. The molecule has 3 unspecified atom stereocenters. The summed E-state index contributed by atoms with van der Waals surface area (Å²) in [5, 5.41) is 0. The van der Waals surface area contributed by atoms with Crippen LogP contribution >= 0.6 is 0 Å². The van der Waals surface area contributed by atoms with Gasteiger partial charge in [0.1, 0.15) is 11.7 Å². The number of likely N-dealkylation sites (N-methyl/N-ethyl adjacent to an activating group) is 1. The Labute approximate surface area is 192 Å². The molecule has 2 heteroatoms. The Kier molecular flexibility index (Phi) is 15.0. The first-order valence-corrected chi connectivity index (χ1v) is 12.1. The lowest BCUT2D eigenvalue weighted by Gasteiger charge is -2.41. The number of quaternary nitrogens is 1. The van der Waals surface area contributed by atoms with Crippen molar-refractivity contribution in [2.75, 3.05) is 7.05 Å². The second-order valence-corrected chi connectivity index (χ2v) is 6.76. The van der Waals surface area contributed by atoms with Gasteiger partial charge in [0, 0.05) is 18.2 Å². The van der Waals surface area contributed by atoms with Crippen molar-refractivity contribution in [2.24, 2.45) is 0 Å². The maximum Gasteiger partial charge on any atom is 0.232 e. The van der Waals surface area contributed by atoms with Gasteiger partial charge >= 0.3 is 0 Å². The first kappa shape index (κ1) is 28.5. The smallest absolute Gasteiger partial charge is 0.232 e. The maximum atomic E-state index is 4.73. The number of hydrogen-bond acceptors (Lipinski definition) is 1. The molecule has 2 nitrogen and oxygen atoms in total. The molecule has 31 heavy (non-hydrogen) atoms. The molecular weight excluding hydrogens is 376 g/mol. The van der Waals surface area contributed by atoms with Gasteiger partial charge in [-0.3, -0.25) is 0 Å². The van der Waals surface area contributed by atoms with Gasteiger partial charge in [0.15, 0.2) is 0 Å². The summed E-state index contributed by atoms with van der Waals surface area (Å²) < 4.78 is 0.690. The van der Waals surface area contributed by atoms with E-state index in [-0.39, 0.29) is 0 Å². The zero-order valence-electron chi connectivity index (χ0n) is 21.3. The van der Waals surface area contributed by atoms with Crippen molar-refractivity contribution in [1.29, 1.82) is 0 Å². The summed E-state index contributed by atoms with van der Waals surface area (Å²) in [7, 11) is 2.29. The number of para-hydroxylation sites is 1. The van der Waals surface area contributed by atoms with Gasteiger partial charge in [-0.05, 0) is 37.1 Å². The Morgan fingerprint density at radius 3 is 1.65 bits per heavy atom. The molecule has 1 aromatic heterocycles. The predicted octanol–water partition coefficient (Wildman–Crippen LogP) is 9.01. The van der Waals surface area contributed by atoms with E-state index in [9.17, 15) is 0 Å². The summed E-state index contributed by atoms with van der Waals surface area (Å²) >= 11 is 0. The zero-order valence-corrected chi connectivity index (χ0v) is 21.3. The lowest BCUT2D eigenvalue weighted by atomic mass is 9.87. The SMILES string of the molecule is CC.CC.CC.CCC(c1ccccc1)C(C)[N+](C)(c1ccccc1)c1ccccn1. The highest BCUT2D eigenvalue weighted by Crippen LogP contribution is 2.40. The summed E-state index contributed by atoms with van der Waals surface area (Å²) in [5.74, 6) is 1.53. The Morgan fingerprint density at radius 1 is 0.710 bits per heavy atom. The van der Waals surface area contributed by atoms with Crippen LogP contribution in [0.5, 0.6) is 0 Å². The lowest BCUT2D eigenvalue weighted by molar-refractivity contribution is 0.298. The van der Waals surface area contributed by atoms with E-state index in [2.05, 4.69) is 93.7 Å². The largest absolute Gasteiger partial charge is 0.242 e. The molecule has 0 bridgehead atoms. The molecular formula is C29H45N2+. The number of aromatic nitrogens is 1. The Balaban J connectivity index is 0.00000138. The third kappa shape index (κ3) is 7.33. The van der Waals surface area contributed by atoms with E-state index >= 15 is 0 Å². The van der Waals surface area contributed by atoms with Crippen molar-refractivity contribution in [2.45, 2.75) is 73.8 Å². The third-order valence-electron chi connectivity index (χ3n) is 5.48. The standard InChI is InChI=1S/C23H27N2.3C2H6/c1-4-22(20-13-7-5-8-14-20)19(2)25(3,21-15-9-6-10-16-21)23-17-11-12-18-24-23;3*1-2/h5-19,22H,4H2,1-3H3;3*1-2H3/q+1;;;. The molecule has 0 spiro atoms. The van der Waals surface area contributed by atoms with Gasteiger partial charge < -0.3 is 0 Å². The molecule has 3 atom stereocenters. The van der Waals surface area contributed by atoms with Gasteiger partial charge in [-0.25, -0.2) is 9.47 Å². The quantitative estimate of drug-likeness (QED) is 0.362. The normalized spacial score (nSPS) is 13.5. The highest BCUT2D eigenvalue weighted by molar-refractivity contribution is 5.55. The van der Waals surface area contributed by atoms with Crippen LogP contribution in [0.4, 0.5) is 11.5 Å². The van der Waals surface area contributed by atoms with Gasteiger partial charge in [0.25, 0.3) is 0 Å². The molecule has 0 aliphatic carbocycles. The average Bonchev–Trinajstić information content (AvgIpc) is 2.89. The van der Waals surface area contributed by atoms with Crippen molar-refractivity contribution >= 4 is 11.5 Å². The number of pyridine rings is 1. The van der Waals surface area contributed by atoms with E-state index in [1.165, 1.54) is 11.3 Å². The fourth-order valence-corrected chi connectivity index (χ4v) is 3.86. The highest BCUT2D eigenvalue weighted by Gasteiger charge is 2.40. The van der Waals surface area contributed by atoms with Gasteiger partial charge in [-0.1, -0.05) is 103 Å². The molecule has 3 rings (SSSR count). The minimum atomic E-state index is 0.352. The fraction of sp³-hybridized carbons (Fsp3) is 0.414. The number of hydrogen-bond donors (Lipinski definition) is 0. The van der Waals surface area contributed by atoms with Gasteiger partial charge in [-0.15, -0.1) is 0 Å². The molecule has 0 saturated carbocycles. The molecule has 2 aromatic carbocycles. The first-order chi connectivity index (χ1) is 15.2. The minimum Gasteiger partial charge on any atom is -0.242 e. The van der Waals surface area contributed by atoms with Crippen molar-refractivity contribution in [1.82, 2.24) is 9.47 Å². The van der Waals surface area contributed by atoms with Crippen molar-refractivity contribution in [3.8, 4) is 0 Å². The van der Waals surface area contributed by atoms with Gasteiger partial charge in [0.05, 0.1) is 7.05 Å². The lowest BCUT2D eigenvalue weighted by Crippen LogP contribution is -2.51. The summed E-state index contributed by atoms with van der Waals surface area (Å²) in [6, 6.07) is 28.1. The highest BCUT2D eigenvalue weighted by atomic mass is 15.4. The molecule has 0 amide bonds. The van der Waals surface area contributed by atoms with Crippen LogP contribution in [0.3, 0.4) is 0 Å². The predicted molar refractivity (Wildman–Crippen MR) is 141 cm³/mol. The van der Waals surface area contributed by atoms with Crippen LogP contribution in [0.25, 0.3) is 0 Å². The second kappa shape index (κ2) is 16.3. The second-order valence-electron chi connectivity index (χ2n) is 6.76. The maximum absolute atomic E-state index is 4.73. The van der Waals surface area contributed by atoms with Crippen molar-refractivity contribution in [3.63, 3.8) is 0 Å². The fourth-order valence-electron chi connectivity index (χ4n) is 3.86. The molecule has 0 fully saturated rings. The topological polar surface area (TPSA) is 12.9 Å². The summed E-state index contributed by atoms with van der Waals surface area (Å²) in [6.07, 6.45) is 2.99. The van der Waals surface area contributed by atoms with Crippen LogP contribution < -0.4 is 4.48 Å². The van der Waals surface area contributed by atoms with Crippen LogP contribution in [0.2, 0.25) is 0 Å². The van der Waals surface area contributed by atoms with E-state index in [4.69, 9.17) is 4.98 Å². The van der Waals surface area contributed by atoms with E-state index in [1.54, 1.807) is 0 Å². The summed E-state index contributed by atoms with van der Waals surface area (Å²) in [6.45, 7) is 16.6. The van der Waals surface area contributed by atoms with Crippen molar-refractivity contribution in [3.05, 3.63) is 90.6 Å². The first-order valence-electron chi connectivity index (χ1n) is 12.1. The van der Waals surface area contributed by atoms with Crippen LogP contribution in [0.1, 0.15) is 73.3 Å². The Bertz CT molecular complexity index is 730. The molecule has 3 aromatic rings. The zero-order chi connectivity index (χ0) is 23.7. The van der Waals surface area contributed by atoms with Crippen LogP contribution in [-0.2, 0) is 0 Å². The number of rotatable bonds is 6. The minimum absolute atomic E-state index is 0.352. The van der Waals surface area contributed by atoms with E-state index in [1.807, 2.05) is 53.8 Å².